The Hall–Kier alpha value is -0.660. The molecule has 0 bridgehead atoms. The molecule has 7 heteroatoms. The van der Waals surface area contributed by atoms with Crippen LogP contribution < -0.4 is 0 Å². The fourth-order valence-corrected chi connectivity index (χ4v) is 1.91. The number of rotatable bonds is 8. The second-order valence-corrected chi connectivity index (χ2v) is 7.54. The molecule has 0 spiro atoms. The summed E-state index contributed by atoms with van der Waals surface area (Å²) in [5.41, 5.74) is -0.504. The normalized spacial score (nSPS) is 13.4. The van der Waals surface area contributed by atoms with E-state index in [1.807, 2.05) is 20.8 Å². The van der Waals surface area contributed by atoms with Gasteiger partial charge < -0.3 is 13.8 Å². The Morgan fingerprint density at radius 1 is 1.26 bits per heavy atom. The van der Waals surface area contributed by atoms with Crippen LogP contribution in [0.4, 0.5) is 0 Å². The molecule has 0 atom stereocenters. The molecule has 0 amide bonds. The van der Waals surface area contributed by atoms with E-state index < -0.39 is 21.3 Å². The highest BCUT2D eigenvalue weighted by molar-refractivity contribution is 7.85. The van der Waals surface area contributed by atoms with Crippen LogP contribution in [0.1, 0.15) is 27.2 Å². The molecule has 0 saturated carbocycles. The highest BCUT2D eigenvalue weighted by Crippen LogP contribution is 2.21. The average Bonchev–Trinajstić information content (AvgIpc) is 2.25. The number of esters is 1. The fraction of sp³-hybridized carbons (Fsp3) is 0.917. The number of hydrogen-bond acceptors (Lipinski definition) is 5. The number of likely N-dealkylation sites (N-methyl/N-ethyl adjacent to an activating group) is 1. The minimum atomic E-state index is -4.20. The summed E-state index contributed by atoms with van der Waals surface area (Å²) in [5, 5.41) is 0. The van der Waals surface area contributed by atoms with E-state index in [4.69, 9.17) is 4.74 Å². The Labute approximate surface area is 116 Å². The van der Waals surface area contributed by atoms with Gasteiger partial charge in [-0.2, -0.15) is 0 Å². The van der Waals surface area contributed by atoms with Crippen molar-refractivity contribution < 1.29 is 27.0 Å². The van der Waals surface area contributed by atoms with Gasteiger partial charge in [0.1, 0.15) is 23.3 Å². The molecule has 0 aromatic rings. The number of nitrogens with zero attached hydrogens (tertiary/aromatic N) is 1. The van der Waals surface area contributed by atoms with Gasteiger partial charge in [0.05, 0.1) is 31.8 Å². The van der Waals surface area contributed by atoms with Gasteiger partial charge in [-0.25, -0.2) is 8.42 Å². The van der Waals surface area contributed by atoms with Gasteiger partial charge in [0.2, 0.25) is 0 Å². The maximum absolute atomic E-state index is 11.7. The quantitative estimate of drug-likeness (QED) is 0.372. The van der Waals surface area contributed by atoms with Crippen molar-refractivity contribution in [1.82, 2.24) is 0 Å². The molecule has 0 aliphatic heterocycles. The summed E-state index contributed by atoms with van der Waals surface area (Å²) < 4.78 is 37.2. The van der Waals surface area contributed by atoms with Crippen LogP contribution in [-0.2, 0) is 19.6 Å². The number of hydrogen-bond donors (Lipinski definition) is 0. The Bertz CT molecular complexity index is 400. The lowest BCUT2D eigenvalue weighted by Crippen LogP contribution is -2.46. The predicted octanol–water partition coefficient (Wildman–Crippen LogP) is 0.587. The van der Waals surface area contributed by atoms with E-state index in [0.717, 1.165) is 0 Å². The maximum Gasteiger partial charge on any atom is 0.311 e. The highest BCUT2D eigenvalue weighted by Gasteiger charge is 2.27. The van der Waals surface area contributed by atoms with Gasteiger partial charge in [0, 0.05) is 0 Å². The topological polar surface area (TPSA) is 83.5 Å². The fourth-order valence-electron chi connectivity index (χ4n) is 1.20. The van der Waals surface area contributed by atoms with E-state index in [1.54, 1.807) is 14.1 Å². The Kier molecular flexibility index (Phi) is 6.44. The summed E-state index contributed by atoms with van der Waals surface area (Å²) in [6.07, 6.45) is 0.693. The van der Waals surface area contributed by atoms with E-state index in [1.165, 1.54) is 0 Å². The molecule has 114 valence electrons. The van der Waals surface area contributed by atoms with Crippen LogP contribution in [0, 0.1) is 5.41 Å². The summed E-state index contributed by atoms with van der Waals surface area (Å²) in [5.74, 6) is -0.666. The molecule has 0 rings (SSSR count). The van der Waals surface area contributed by atoms with Crippen molar-refractivity contribution in [3.8, 4) is 0 Å². The van der Waals surface area contributed by atoms with E-state index in [0.29, 0.717) is 17.4 Å². The standard InChI is InChI=1S/C12H25NO5S/c1-6-12(2,3)11(14)18-9-7-13(4,5)8-10-19(15,16)17/h6-10H2,1-5H3. The van der Waals surface area contributed by atoms with Crippen LogP contribution in [-0.4, -0.2) is 63.0 Å². The third-order valence-corrected chi connectivity index (χ3v) is 4.00. The number of carbonyl (C=O) groups excluding carboxylic acids is 1. The van der Waals surface area contributed by atoms with Crippen LogP contribution in [0.15, 0.2) is 0 Å². The molecule has 0 fully saturated rings. The van der Waals surface area contributed by atoms with Crippen molar-refractivity contribution in [1.29, 1.82) is 0 Å². The zero-order chi connectivity index (χ0) is 15.3. The second kappa shape index (κ2) is 6.67. The molecule has 19 heavy (non-hydrogen) atoms. The predicted molar refractivity (Wildman–Crippen MR) is 71.4 cm³/mol. The van der Waals surface area contributed by atoms with E-state index in [2.05, 4.69) is 0 Å². The van der Waals surface area contributed by atoms with Gasteiger partial charge in [-0.3, -0.25) is 4.79 Å². The van der Waals surface area contributed by atoms with Crippen molar-refractivity contribution in [2.45, 2.75) is 27.2 Å². The van der Waals surface area contributed by atoms with Crippen LogP contribution in [0.25, 0.3) is 0 Å². The van der Waals surface area contributed by atoms with Crippen LogP contribution in [0.3, 0.4) is 0 Å². The first kappa shape index (κ1) is 18.3. The van der Waals surface area contributed by atoms with Crippen molar-refractivity contribution >= 4 is 16.1 Å². The van der Waals surface area contributed by atoms with Crippen LogP contribution in [0.5, 0.6) is 0 Å². The number of ether oxygens (including phenoxy) is 1. The molecule has 0 aliphatic rings. The zero-order valence-corrected chi connectivity index (χ0v) is 13.2. The molecular weight excluding hydrogens is 270 g/mol. The molecule has 0 radical (unpaired) electrons. The number of quaternary nitrogens is 1. The molecule has 0 aromatic heterocycles. The first-order valence-electron chi connectivity index (χ1n) is 6.32. The summed E-state index contributed by atoms with van der Waals surface area (Å²) >= 11 is 0. The maximum atomic E-state index is 11.7. The molecule has 0 aliphatic carbocycles. The average molecular weight is 295 g/mol. The zero-order valence-electron chi connectivity index (χ0n) is 12.4. The molecule has 0 aromatic carbocycles. The van der Waals surface area contributed by atoms with E-state index >= 15 is 0 Å². The minimum Gasteiger partial charge on any atom is -0.748 e. The Balaban J connectivity index is 4.16. The van der Waals surface area contributed by atoms with Gasteiger partial charge in [-0.1, -0.05) is 6.92 Å². The van der Waals surface area contributed by atoms with E-state index in [9.17, 15) is 17.8 Å². The van der Waals surface area contributed by atoms with Gasteiger partial charge in [-0.15, -0.1) is 0 Å². The van der Waals surface area contributed by atoms with Crippen LogP contribution in [0.2, 0.25) is 0 Å². The van der Waals surface area contributed by atoms with Crippen molar-refractivity contribution in [2.75, 3.05) is 39.5 Å². The highest BCUT2D eigenvalue weighted by atomic mass is 32.2. The van der Waals surface area contributed by atoms with Crippen molar-refractivity contribution in [2.24, 2.45) is 5.41 Å². The lowest BCUT2D eigenvalue weighted by Gasteiger charge is -2.30. The largest absolute Gasteiger partial charge is 0.748 e. The molecule has 0 N–H and O–H groups in total. The third-order valence-electron chi connectivity index (χ3n) is 3.31. The molecule has 6 nitrogen and oxygen atoms in total. The van der Waals surface area contributed by atoms with Crippen molar-refractivity contribution in [3.63, 3.8) is 0 Å². The Morgan fingerprint density at radius 3 is 2.21 bits per heavy atom. The summed E-state index contributed by atoms with van der Waals surface area (Å²) in [6, 6.07) is 0. The monoisotopic (exact) mass is 295 g/mol. The third kappa shape index (κ3) is 8.18. The first-order chi connectivity index (χ1) is 8.40. The van der Waals surface area contributed by atoms with Gasteiger partial charge in [-0.05, 0) is 20.3 Å². The lowest BCUT2D eigenvalue weighted by atomic mass is 9.91. The lowest BCUT2D eigenvalue weighted by molar-refractivity contribution is -0.888. The molecule has 0 saturated heterocycles. The molecule has 0 unspecified atom stereocenters. The second-order valence-electron chi connectivity index (χ2n) is 6.02. The first-order valence-corrected chi connectivity index (χ1v) is 7.90. The summed E-state index contributed by atoms with van der Waals surface area (Å²) in [6.45, 7) is 6.45. The van der Waals surface area contributed by atoms with Crippen LogP contribution >= 0.6 is 0 Å². The molecule has 0 heterocycles. The molecular formula is C12H25NO5S. The van der Waals surface area contributed by atoms with Gasteiger partial charge in [0.25, 0.3) is 0 Å². The summed E-state index contributed by atoms with van der Waals surface area (Å²) in [4.78, 5) is 11.7. The van der Waals surface area contributed by atoms with Gasteiger partial charge in [0.15, 0.2) is 0 Å². The minimum absolute atomic E-state index is 0.209. The summed E-state index contributed by atoms with van der Waals surface area (Å²) in [7, 11) is -0.608. The van der Waals surface area contributed by atoms with Gasteiger partial charge >= 0.3 is 5.97 Å². The Morgan fingerprint density at radius 2 is 1.79 bits per heavy atom. The van der Waals surface area contributed by atoms with E-state index in [-0.39, 0.29) is 19.1 Å². The SMILES string of the molecule is CCC(C)(C)C(=O)OCC[N+](C)(C)CCS(=O)(=O)[O-]. The van der Waals surface area contributed by atoms with Crippen molar-refractivity contribution in [3.05, 3.63) is 0 Å². The number of carbonyl (C=O) groups is 1. The smallest absolute Gasteiger partial charge is 0.311 e.